The van der Waals surface area contributed by atoms with Gasteiger partial charge in [-0.1, -0.05) is 19.3 Å². The second-order valence-electron chi connectivity index (χ2n) is 6.25. The minimum absolute atomic E-state index is 0.180. The molecule has 3 aliphatic rings. The molecule has 5 unspecified atom stereocenters. The Labute approximate surface area is 118 Å². The standard InChI is InChI=1S/C15H22O5/c16-9-6-11(8-4-2-1-3-5-8)20-12-7-10(17)14(18)15(19)13(9)12/h6,8,10,12-15,17-19H,1-5,7H2. The molecule has 0 saturated heterocycles. The Kier molecular flexibility index (Phi) is 3.84. The lowest BCUT2D eigenvalue weighted by Crippen LogP contribution is -2.57. The van der Waals surface area contributed by atoms with Gasteiger partial charge in [0.2, 0.25) is 0 Å². The van der Waals surface area contributed by atoms with Gasteiger partial charge >= 0.3 is 0 Å². The van der Waals surface area contributed by atoms with Crippen molar-refractivity contribution in [3.05, 3.63) is 11.8 Å². The Balaban J connectivity index is 1.80. The Morgan fingerprint density at radius 3 is 2.45 bits per heavy atom. The molecule has 5 nitrogen and oxygen atoms in total. The summed E-state index contributed by atoms with van der Waals surface area (Å²) in [6.45, 7) is 0. The summed E-state index contributed by atoms with van der Waals surface area (Å²) in [5.74, 6) is 0.0718. The fourth-order valence-corrected chi connectivity index (χ4v) is 3.70. The van der Waals surface area contributed by atoms with E-state index in [-0.39, 0.29) is 18.1 Å². The van der Waals surface area contributed by atoms with Crippen LogP contribution in [0.1, 0.15) is 38.5 Å². The molecule has 112 valence electrons. The van der Waals surface area contributed by atoms with Gasteiger partial charge < -0.3 is 20.1 Å². The Morgan fingerprint density at radius 1 is 1.05 bits per heavy atom. The van der Waals surface area contributed by atoms with Crippen molar-refractivity contribution in [3.63, 3.8) is 0 Å². The number of hydrogen-bond acceptors (Lipinski definition) is 5. The summed E-state index contributed by atoms with van der Waals surface area (Å²) in [6.07, 6.45) is 3.22. The van der Waals surface area contributed by atoms with Gasteiger partial charge in [-0.25, -0.2) is 0 Å². The number of allylic oxidation sites excluding steroid dienone is 2. The number of ketones is 1. The molecule has 3 rings (SSSR count). The van der Waals surface area contributed by atoms with Crippen LogP contribution in [0.4, 0.5) is 0 Å². The van der Waals surface area contributed by atoms with Crippen molar-refractivity contribution in [2.24, 2.45) is 11.8 Å². The molecule has 3 N–H and O–H groups in total. The number of aliphatic hydroxyl groups excluding tert-OH is 3. The zero-order valence-corrected chi connectivity index (χ0v) is 11.4. The van der Waals surface area contributed by atoms with Crippen LogP contribution in [-0.4, -0.2) is 45.5 Å². The molecule has 5 heteroatoms. The lowest BCUT2D eigenvalue weighted by atomic mass is 9.75. The molecular formula is C15H22O5. The second kappa shape index (κ2) is 5.47. The van der Waals surface area contributed by atoms with E-state index in [0.29, 0.717) is 5.76 Å². The van der Waals surface area contributed by atoms with Crippen molar-refractivity contribution in [1.29, 1.82) is 0 Å². The number of aliphatic hydroxyl groups is 3. The van der Waals surface area contributed by atoms with Crippen molar-refractivity contribution in [3.8, 4) is 0 Å². The minimum Gasteiger partial charge on any atom is -0.493 e. The van der Waals surface area contributed by atoms with Gasteiger partial charge in [0.15, 0.2) is 5.78 Å². The quantitative estimate of drug-likeness (QED) is 0.653. The molecule has 2 saturated carbocycles. The third-order valence-corrected chi connectivity index (χ3v) is 4.89. The zero-order valence-electron chi connectivity index (χ0n) is 11.4. The topological polar surface area (TPSA) is 87.0 Å². The highest BCUT2D eigenvalue weighted by Crippen LogP contribution is 2.39. The summed E-state index contributed by atoms with van der Waals surface area (Å²) in [5.41, 5.74) is 0. The van der Waals surface area contributed by atoms with E-state index in [0.717, 1.165) is 25.7 Å². The van der Waals surface area contributed by atoms with Crippen LogP contribution in [0, 0.1) is 11.8 Å². The molecule has 2 fully saturated rings. The molecule has 0 aromatic heterocycles. The van der Waals surface area contributed by atoms with E-state index < -0.39 is 30.3 Å². The highest BCUT2D eigenvalue weighted by atomic mass is 16.5. The van der Waals surface area contributed by atoms with Crippen LogP contribution < -0.4 is 0 Å². The molecule has 5 atom stereocenters. The first-order chi connectivity index (χ1) is 9.58. The SMILES string of the molecule is O=C1C=C(C2CCCCC2)OC2CC(O)C(O)C(O)C12. The predicted octanol–water partition coefficient (Wildman–Crippen LogP) is 0.521. The molecule has 0 aromatic rings. The zero-order chi connectivity index (χ0) is 14.3. The maximum atomic E-state index is 12.2. The molecular weight excluding hydrogens is 260 g/mol. The van der Waals surface area contributed by atoms with E-state index in [1.807, 2.05) is 0 Å². The van der Waals surface area contributed by atoms with Gasteiger partial charge in [0, 0.05) is 18.4 Å². The second-order valence-corrected chi connectivity index (χ2v) is 6.25. The molecule has 20 heavy (non-hydrogen) atoms. The Bertz CT molecular complexity index is 412. The summed E-state index contributed by atoms with van der Waals surface area (Å²) in [7, 11) is 0. The van der Waals surface area contributed by atoms with Crippen LogP contribution in [0.25, 0.3) is 0 Å². The lowest BCUT2D eigenvalue weighted by molar-refractivity contribution is -0.170. The van der Waals surface area contributed by atoms with E-state index in [4.69, 9.17) is 4.74 Å². The largest absolute Gasteiger partial charge is 0.493 e. The van der Waals surface area contributed by atoms with Gasteiger partial charge in [-0.3, -0.25) is 4.79 Å². The number of carbonyl (C=O) groups excluding carboxylic acids is 1. The molecule has 1 aliphatic heterocycles. The number of rotatable bonds is 1. The maximum absolute atomic E-state index is 12.2. The average Bonchev–Trinajstić information content (AvgIpc) is 2.45. The van der Waals surface area contributed by atoms with E-state index in [9.17, 15) is 20.1 Å². The first-order valence-electron chi connectivity index (χ1n) is 7.54. The van der Waals surface area contributed by atoms with Crippen molar-refractivity contribution in [2.45, 2.75) is 62.9 Å². The van der Waals surface area contributed by atoms with Gasteiger partial charge in [0.05, 0.1) is 18.1 Å². The Morgan fingerprint density at radius 2 is 1.75 bits per heavy atom. The minimum atomic E-state index is -1.27. The fraction of sp³-hybridized carbons (Fsp3) is 0.800. The number of carbonyl (C=O) groups is 1. The average molecular weight is 282 g/mol. The summed E-state index contributed by atoms with van der Waals surface area (Å²) in [4.78, 5) is 12.2. The lowest BCUT2D eigenvalue weighted by Gasteiger charge is -2.43. The van der Waals surface area contributed by atoms with Crippen LogP contribution in [0.15, 0.2) is 11.8 Å². The maximum Gasteiger partial charge on any atom is 0.168 e. The van der Waals surface area contributed by atoms with Gasteiger partial charge in [-0.15, -0.1) is 0 Å². The van der Waals surface area contributed by atoms with Gasteiger partial charge in [-0.2, -0.15) is 0 Å². The predicted molar refractivity (Wildman–Crippen MR) is 70.7 cm³/mol. The first kappa shape index (κ1) is 14.0. The van der Waals surface area contributed by atoms with E-state index in [1.165, 1.54) is 12.5 Å². The smallest absolute Gasteiger partial charge is 0.168 e. The normalized spacial score (nSPS) is 42.6. The fourth-order valence-electron chi connectivity index (χ4n) is 3.70. The van der Waals surface area contributed by atoms with Crippen LogP contribution in [0.5, 0.6) is 0 Å². The highest BCUT2D eigenvalue weighted by Gasteiger charge is 2.49. The van der Waals surface area contributed by atoms with Crippen LogP contribution in [0.3, 0.4) is 0 Å². The Hall–Kier alpha value is -0.910. The van der Waals surface area contributed by atoms with Crippen LogP contribution in [-0.2, 0) is 9.53 Å². The van der Waals surface area contributed by atoms with Crippen LogP contribution >= 0.6 is 0 Å². The summed E-state index contributed by atoms with van der Waals surface area (Å²) in [5, 5.41) is 29.4. The van der Waals surface area contributed by atoms with E-state index >= 15 is 0 Å². The van der Waals surface area contributed by atoms with Crippen molar-refractivity contribution in [1.82, 2.24) is 0 Å². The van der Waals surface area contributed by atoms with Crippen LogP contribution in [0.2, 0.25) is 0 Å². The number of ether oxygens (including phenoxy) is 1. The third-order valence-electron chi connectivity index (χ3n) is 4.89. The van der Waals surface area contributed by atoms with Crippen molar-refractivity contribution < 1.29 is 24.9 Å². The van der Waals surface area contributed by atoms with Gasteiger partial charge in [0.1, 0.15) is 18.0 Å². The summed E-state index contributed by atoms with van der Waals surface area (Å²) >= 11 is 0. The summed E-state index contributed by atoms with van der Waals surface area (Å²) in [6, 6.07) is 0. The number of hydrogen-bond donors (Lipinski definition) is 3. The highest BCUT2D eigenvalue weighted by molar-refractivity contribution is 5.94. The van der Waals surface area contributed by atoms with Crippen molar-refractivity contribution >= 4 is 5.78 Å². The molecule has 2 aliphatic carbocycles. The monoisotopic (exact) mass is 282 g/mol. The molecule has 0 spiro atoms. The first-order valence-corrected chi connectivity index (χ1v) is 7.54. The van der Waals surface area contributed by atoms with E-state index in [1.54, 1.807) is 0 Å². The molecule has 0 aromatic carbocycles. The van der Waals surface area contributed by atoms with Gasteiger partial charge in [0.25, 0.3) is 0 Å². The molecule has 0 amide bonds. The molecule has 0 radical (unpaired) electrons. The van der Waals surface area contributed by atoms with E-state index in [2.05, 4.69) is 0 Å². The summed E-state index contributed by atoms with van der Waals surface area (Å²) < 4.78 is 5.90. The van der Waals surface area contributed by atoms with Crippen molar-refractivity contribution in [2.75, 3.05) is 0 Å². The third kappa shape index (κ3) is 2.38. The van der Waals surface area contributed by atoms with Gasteiger partial charge in [-0.05, 0) is 12.8 Å². The number of fused-ring (bicyclic) bond motifs is 1. The molecule has 1 heterocycles. The molecule has 0 bridgehead atoms.